The highest BCUT2D eigenvalue weighted by molar-refractivity contribution is 5.76. The number of ether oxygens (including phenoxy) is 5. The summed E-state index contributed by atoms with van der Waals surface area (Å²) in [6, 6.07) is -1.96. The third-order valence-corrected chi connectivity index (χ3v) is 5.99. The van der Waals surface area contributed by atoms with E-state index in [0.29, 0.717) is 0 Å². The number of aliphatic hydroxyl groups excluding tert-OH is 6. The molecule has 0 aromatic rings. The average Bonchev–Trinajstić information content (AvgIpc) is 2.85. The zero-order chi connectivity index (χ0) is 26.7. The fraction of sp³-hybridized carbons (Fsp3) is 0.750. The average molecular weight is 523 g/mol. The second-order valence-electron chi connectivity index (χ2n) is 8.49. The molecular weight excluding hydrogens is 488 g/mol. The molecule has 0 radical (unpaired) electrons. The second kappa shape index (κ2) is 11.9. The standard InChI is InChI=1S/C20H34N4O12/c1-2-10(26)24-7-3-6(22)16(34-19-14(30)13(29)11(27)8(4-21)32-19)15(31)17(7)35-20-33-9(5-25)12(28)18(23)36-20/h6-9,11-12,16,18-20,25,27-31H,2-5,21-23H2,1H3,(H,24,26)/t6?,7-,8?,9?,11-,12?,16-,18?,19-,20?/m1/s1. The molecular formula is C20H34N4O12. The Morgan fingerprint density at radius 2 is 1.78 bits per heavy atom. The van der Waals surface area contributed by atoms with Crippen LogP contribution in [0.15, 0.2) is 23.0 Å². The maximum absolute atomic E-state index is 12.1. The number of hydrogen-bond acceptors (Lipinski definition) is 15. The van der Waals surface area contributed by atoms with Gasteiger partial charge in [-0.25, -0.2) is 0 Å². The highest BCUT2D eigenvalue weighted by Gasteiger charge is 2.45. The van der Waals surface area contributed by atoms with E-state index in [2.05, 4.69) is 5.32 Å². The Labute approximate surface area is 205 Å². The number of nitrogens with two attached hydrogens (primary N) is 3. The summed E-state index contributed by atoms with van der Waals surface area (Å²) in [6.07, 6.45) is -9.53. The Balaban J connectivity index is 1.89. The molecule has 13 N–H and O–H groups in total. The van der Waals surface area contributed by atoms with Crippen LogP contribution in [0.1, 0.15) is 19.8 Å². The van der Waals surface area contributed by atoms with Crippen molar-refractivity contribution in [3.63, 3.8) is 0 Å². The largest absolute Gasteiger partial charge is 0.506 e. The Hall–Kier alpha value is -2.25. The lowest BCUT2D eigenvalue weighted by atomic mass is 9.92. The van der Waals surface area contributed by atoms with Crippen molar-refractivity contribution in [1.82, 2.24) is 5.32 Å². The van der Waals surface area contributed by atoms with Gasteiger partial charge >= 0.3 is 6.48 Å². The normalized spacial score (nSPS) is 39.8. The van der Waals surface area contributed by atoms with E-state index in [4.69, 9.17) is 40.9 Å². The van der Waals surface area contributed by atoms with Crippen LogP contribution in [0.4, 0.5) is 0 Å². The first-order valence-corrected chi connectivity index (χ1v) is 11.3. The molecule has 0 aromatic carbocycles. The topological polar surface area (TPSA) is 275 Å². The molecule has 10 atom stereocenters. The summed E-state index contributed by atoms with van der Waals surface area (Å²) >= 11 is 0. The maximum atomic E-state index is 12.1. The van der Waals surface area contributed by atoms with Crippen molar-refractivity contribution in [2.75, 3.05) is 13.2 Å². The first-order valence-electron chi connectivity index (χ1n) is 11.3. The van der Waals surface area contributed by atoms with Gasteiger partial charge in [0.25, 0.3) is 0 Å². The van der Waals surface area contributed by atoms with Crippen LogP contribution in [0.5, 0.6) is 0 Å². The summed E-state index contributed by atoms with van der Waals surface area (Å²) in [6.45, 7) is -0.838. The van der Waals surface area contributed by atoms with Gasteiger partial charge in [-0.2, -0.15) is 0 Å². The Morgan fingerprint density at radius 3 is 2.39 bits per heavy atom. The number of carbonyl (C=O) groups excluding carboxylic acids is 1. The predicted octanol–water partition coefficient (Wildman–Crippen LogP) is -3.51. The van der Waals surface area contributed by atoms with Gasteiger partial charge in [0.15, 0.2) is 23.0 Å². The van der Waals surface area contributed by atoms with Crippen molar-refractivity contribution in [1.29, 1.82) is 0 Å². The van der Waals surface area contributed by atoms with Crippen molar-refractivity contribution in [3.8, 4) is 0 Å². The van der Waals surface area contributed by atoms with E-state index >= 15 is 0 Å². The van der Waals surface area contributed by atoms with Crippen molar-refractivity contribution in [2.24, 2.45) is 17.2 Å². The van der Waals surface area contributed by atoms with Crippen LogP contribution in [0.25, 0.3) is 0 Å². The quantitative estimate of drug-likeness (QED) is 0.148. The number of nitrogens with one attached hydrogen (secondary N) is 1. The molecule has 16 nitrogen and oxygen atoms in total. The highest BCUT2D eigenvalue weighted by Crippen LogP contribution is 2.33. The molecule has 36 heavy (non-hydrogen) atoms. The van der Waals surface area contributed by atoms with Crippen LogP contribution in [-0.4, -0.2) is 111 Å². The van der Waals surface area contributed by atoms with Gasteiger partial charge in [0.2, 0.25) is 12.2 Å². The van der Waals surface area contributed by atoms with Gasteiger partial charge < -0.3 is 72.1 Å². The molecule has 6 unspecified atom stereocenters. The molecule has 0 spiro atoms. The van der Waals surface area contributed by atoms with Crippen LogP contribution >= 0.6 is 0 Å². The van der Waals surface area contributed by atoms with E-state index in [1.54, 1.807) is 6.92 Å². The summed E-state index contributed by atoms with van der Waals surface area (Å²) in [5.74, 6) is -2.97. The lowest BCUT2D eigenvalue weighted by Crippen LogP contribution is -2.57. The number of hydrogen-bond donors (Lipinski definition) is 10. The van der Waals surface area contributed by atoms with Gasteiger partial charge in [0, 0.05) is 19.0 Å². The van der Waals surface area contributed by atoms with E-state index in [1.165, 1.54) is 0 Å². The molecule has 16 heteroatoms. The molecule has 1 amide bonds. The Bertz CT molecular complexity index is 857. The van der Waals surface area contributed by atoms with Crippen LogP contribution in [0.3, 0.4) is 0 Å². The van der Waals surface area contributed by atoms with Gasteiger partial charge in [-0.15, -0.1) is 0 Å². The molecule has 0 aromatic heterocycles. The van der Waals surface area contributed by atoms with E-state index in [0.717, 1.165) is 0 Å². The number of carbonyl (C=O) groups is 1. The van der Waals surface area contributed by atoms with Gasteiger partial charge in [0.1, 0.15) is 36.7 Å². The van der Waals surface area contributed by atoms with Gasteiger partial charge in [-0.1, -0.05) is 6.92 Å². The zero-order valence-electron chi connectivity index (χ0n) is 19.5. The molecule has 0 bridgehead atoms. The van der Waals surface area contributed by atoms with Crippen LogP contribution < -0.4 is 22.5 Å². The van der Waals surface area contributed by atoms with Gasteiger partial charge in [-0.3, -0.25) is 9.53 Å². The summed E-state index contributed by atoms with van der Waals surface area (Å²) in [4.78, 5) is 12.1. The first kappa shape index (κ1) is 28.3. The summed E-state index contributed by atoms with van der Waals surface area (Å²) in [5, 5.41) is 63.2. The Morgan fingerprint density at radius 1 is 1.08 bits per heavy atom. The minimum Gasteiger partial charge on any atom is -0.506 e. The zero-order valence-corrected chi connectivity index (χ0v) is 19.5. The van der Waals surface area contributed by atoms with Crippen LogP contribution in [0, 0.1) is 0 Å². The molecule has 3 aliphatic rings. The fourth-order valence-corrected chi connectivity index (χ4v) is 3.90. The maximum Gasteiger partial charge on any atom is 0.317 e. The van der Waals surface area contributed by atoms with E-state index in [9.17, 15) is 35.4 Å². The molecule has 206 valence electrons. The number of amides is 1. The van der Waals surface area contributed by atoms with Crippen molar-refractivity contribution < 1.29 is 59.1 Å². The predicted molar refractivity (Wildman–Crippen MR) is 117 cm³/mol. The molecule has 2 heterocycles. The van der Waals surface area contributed by atoms with E-state index in [1.807, 2.05) is 0 Å². The second-order valence-corrected chi connectivity index (χ2v) is 8.49. The van der Waals surface area contributed by atoms with Gasteiger partial charge in [0.05, 0.1) is 12.6 Å². The van der Waals surface area contributed by atoms with Crippen molar-refractivity contribution in [2.45, 2.75) is 81.4 Å². The smallest absolute Gasteiger partial charge is 0.317 e. The molecule has 1 aliphatic carbocycles. The summed E-state index contributed by atoms with van der Waals surface area (Å²) in [5.41, 5.74) is 17.4. The molecule has 1 saturated heterocycles. The first-order chi connectivity index (χ1) is 17.0. The molecule has 1 fully saturated rings. The van der Waals surface area contributed by atoms with Crippen LogP contribution in [-0.2, 0) is 28.5 Å². The lowest BCUT2D eigenvalue weighted by Gasteiger charge is -2.41. The third-order valence-electron chi connectivity index (χ3n) is 5.99. The van der Waals surface area contributed by atoms with Crippen LogP contribution in [0.2, 0.25) is 0 Å². The summed E-state index contributed by atoms with van der Waals surface area (Å²) < 4.78 is 27.2. The fourth-order valence-electron chi connectivity index (χ4n) is 3.90. The molecule has 0 saturated carbocycles. The monoisotopic (exact) mass is 522 g/mol. The third kappa shape index (κ3) is 5.83. The lowest BCUT2D eigenvalue weighted by molar-refractivity contribution is -0.367. The SMILES string of the molecule is CCC(=O)N[C@@H]1CC(N)[C@@H](O[C@H]2OC(CN)[C@@H](O)C(O)=C2O)C(O)=C1OC1OC(N)C(O)C(CO)O1. The number of rotatable bonds is 8. The Kier molecular flexibility index (Phi) is 9.33. The summed E-state index contributed by atoms with van der Waals surface area (Å²) in [7, 11) is 0. The van der Waals surface area contributed by atoms with Crippen molar-refractivity contribution >= 4 is 5.91 Å². The number of aliphatic hydroxyl groups is 6. The molecule has 3 rings (SSSR count). The van der Waals surface area contributed by atoms with E-state index in [-0.39, 0.29) is 25.1 Å². The minimum atomic E-state index is -1.66. The van der Waals surface area contributed by atoms with E-state index < -0.39 is 91.4 Å². The van der Waals surface area contributed by atoms with Crippen molar-refractivity contribution in [3.05, 3.63) is 23.0 Å². The van der Waals surface area contributed by atoms with Gasteiger partial charge in [-0.05, 0) is 6.42 Å². The molecule has 2 aliphatic heterocycles. The highest BCUT2D eigenvalue weighted by atomic mass is 16.9. The minimum absolute atomic E-state index is 0.0350.